The Labute approximate surface area is 181 Å². The first kappa shape index (κ1) is 21.2. The van der Waals surface area contributed by atoms with Gasteiger partial charge in [0.25, 0.3) is 0 Å². The molecule has 150 valence electrons. The molecule has 11 heteroatoms. The van der Waals surface area contributed by atoms with E-state index in [1.807, 2.05) is 0 Å². The monoisotopic (exact) mass is 495 g/mol. The number of aromatic nitrogens is 2. The molecular weight excluding hydrogens is 482 g/mol. The van der Waals surface area contributed by atoms with Crippen LogP contribution < -0.4 is 15.5 Å². The summed E-state index contributed by atoms with van der Waals surface area (Å²) in [5.74, 6) is -0.267. The van der Waals surface area contributed by atoms with Gasteiger partial charge in [0.2, 0.25) is 22.2 Å². The van der Waals surface area contributed by atoms with Gasteiger partial charge in [0, 0.05) is 17.0 Å². The van der Waals surface area contributed by atoms with Crippen molar-refractivity contribution in [2.45, 2.75) is 23.4 Å². The number of hydrogen-bond donors (Lipinski definition) is 1. The molecule has 1 amide bonds. The summed E-state index contributed by atoms with van der Waals surface area (Å²) in [5.41, 5.74) is -0.153. The second-order valence-corrected chi connectivity index (χ2v) is 8.65. The summed E-state index contributed by atoms with van der Waals surface area (Å²) in [5, 5.41) is 10.9. The average Bonchev–Trinajstić information content (AvgIpc) is 3.15. The van der Waals surface area contributed by atoms with E-state index in [1.165, 1.54) is 29.2 Å². The highest BCUT2D eigenvalue weighted by Crippen LogP contribution is 2.28. The number of nitrogens with one attached hydrogen (secondary N) is 1. The standard InChI is InChI=1S/C18H14BrN3O5S2/c1-2-15(24)20-17-21-22-18(29-17)28-9-12-7-13(23)14(8-26-12)27-16(25)10-3-5-11(19)6-4-10/h3-8H,2,9H2,1H3,(H,20,21,24). The Bertz CT molecular complexity index is 1080. The summed E-state index contributed by atoms with van der Waals surface area (Å²) < 4.78 is 11.9. The summed E-state index contributed by atoms with van der Waals surface area (Å²) in [4.78, 5) is 35.7. The fraction of sp³-hybridized carbons (Fsp3) is 0.167. The molecule has 0 unspecified atom stereocenters. The number of carbonyl (C=O) groups excluding carboxylic acids is 2. The van der Waals surface area contributed by atoms with Crippen molar-refractivity contribution in [1.82, 2.24) is 10.2 Å². The average molecular weight is 496 g/mol. The van der Waals surface area contributed by atoms with Crippen molar-refractivity contribution in [3.8, 4) is 5.75 Å². The summed E-state index contributed by atoms with van der Waals surface area (Å²) >= 11 is 5.81. The minimum absolute atomic E-state index is 0.142. The number of benzene rings is 1. The van der Waals surface area contributed by atoms with Crippen molar-refractivity contribution in [2.75, 3.05) is 5.32 Å². The predicted octanol–water partition coefficient (Wildman–Crippen LogP) is 4.11. The third-order valence-electron chi connectivity index (χ3n) is 3.45. The fourth-order valence-corrected chi connectivity index (χ4v) is 3.92. The van der Waals surface area contributed by atoms with Gasteiger partial charge in [0.05, 0.1) is 11.3 Å². The molecule has 2 heterocycles. The van der Waals surface area contributed by atoms with E-state index in [-0.39, 0.29) is 11.7 Å². The zero-order chi connectivity index (χ0) is 20.8. The lowest BCUT2D eigenvalue weighted by Crippen LogP contribution is -2.14. The van der Waals surface area contributed by atoms with Crippen molar-refractivity contribution in [3.63, 3.8) is 0 Å². The van der Waals surface area contributed by atoms with E-state index in [1.54, 1.807) is 31.2 Å². The zero-order valence-electron chi connectivity index (χ0n) is 15.0. The van der Waals surface area contributed by atoms with Crippen molar-refractivity contribution in [3.05, 3.63) is 62.6 Å². The van der Waals surface area contributed by atoms with Crippen molar-refractivity contribution >= 4 is 56.0 Å². The zero-order valence-corrected chi connectivity index (χ0v) is 18.2. The summed E-state index contributed by atoms with van der Waals surface area (Å²) in [6, 6.07) is 7.83. The lowest BCUT2D eigenvalue weighted by Gasteiger charge is -2.04. The Morgan fingerprint density at radius 2 is 2.03 bits per heavy atom. The summed E-state index contributed by atoms with van der Waals surface area (Å²) in [6.45, 7) is 1.74. The quantitative estimate of drug-likeness (QED) is 0.296. The fourth-order valence-electron chi connectivity index (χ4n) is 1.99. The number of thioether (sulfide) groups is 1. The van der Waals surface area contributed by atoms with Crippen LogP contribution >= 0.6 is 39.0 Å². The molecule has 0 aliphatic carbocycles. The van der Waals surface area contributed by atoms with Crippen LogP contribution in [0.2, 0.25) is 0 Å². The van der Waals surface area contributed by atoms with Crippen LogP contribution in [0.5, 0.6) is 5.75 Å². The van der Waals surface area contributed by atoms with Gasteiger partial charge < -0.3 is 14.5 Å². The third kappa shape index (κ3) is 5.99. The molecule has 3 aromatic rings. The highest BCUT2D eigenvalue weighted by Gasteiger charge is 2.13. The van der Waals surface area contributed by atoms with Crippen LogP contribution in [0.1, 0.15) is 29.5 Å². The molecule has 0 saturated heterocycles. The molecule has 0 atom stereocenters. The van der Waals surface area contributed by atoms with Crippen molar-refractivity contribution in [2.24, 2.45) is 0 Å². The van der Waals surface area contributed by atoms with E-state index >= 15 is 0 Å². The summed E-state index contributed by atoms with van der Waals surface area (Å²) in [7, 11) is 0. The Hall–Kier alpha value is -2.50. The SMILES string of the molecule is CCC(=O)Nc1nnc(SCc2cc(=O)c(OC(=O)c3ccc(Br)cc3)co2)s1. The van der Waals surface area contributed by atoms with E-state index in [9.17, 15) is 14.4 Å². The van der Waals surface area contributed by atoms with Gasteiger partial charge >= 0.3 is 5.97 Å². The molecule has 8 nitrogen and oxygen atoms in total. The number of anilines is 1. The molecule has 3 rings (SSSR count). The number of rotatable bonds is 7. The van der Waals surface area contributed by atoms with Crippen LogP contribution in [-0.4, -0.2) is 22.1 Å². The number of carbonyl (C=O) groups is 2. The normalized spacial score (nSPS) is 10.6. The molecule has 1 N–H and O–H groups in total. The second-order valence-electron chi connectivity index (χ2n) is 5.53. The van der Waals surface area contributed by atoms with Gasteiger partial charge in [-0.05, 0) is 24.3 Å². The molecule has 2 aromatic heterocycles. The van der Waals surface area contributed by atoms with Gasteiger partial charge in [-0.3, -0.25) is 9.59 Å². The van der Waals surface area contributed by atoms with Crippen LogP contribution in [0.3, 0.4) is 0 Å². The molecule has 29 heavy (non-hydrogen) atoms. The second kappa shape index (κ2) is 9.81. The maximum Gasteiger partial charge on any atom is 0.343 e. The molecule has 0 aliphatic heterocycles. The van der Waals surface area contributed by atoms with Crippen LogP contribution in [-0.2, 0) is 10.5 Å². The van der Waals surface area contributed by atoms with Gasteiger partial charge in [0.1, 0.15) is 12.0 Å². The number of hydrogen-bond acceptors (Lipinski definition) is 9. The van der Waals surface area contributed by atoms with E-state index in [0.717, 1.165) is 10.7 Å². The van der Waals surface area contributed by atoms with E-state index in [4.69, 9.17) is 9.15 Å². The van der Waals surface area contributed by atoms with Crippen LogP contribution in [0.15, 0.2) is 54.6 Å². The molecule has 0 bridgehead atoms. The number of halogens is 1. The van der Waals surface area contributed by atoms with Gasteiger partial charge in [-0.1, -0.05) is 46.0 Å². The first-order chi connectivity index (χ1) is 13.9. The molecule has 0 radical (unpaired) electrons. The number of amides is 1. The molecule has 1 aromatic carbocycles. The van der Waals surface area contributed by atoms with Crippen molar-refractivity contribution < 1.29 is 18.7 Å². The van der Waals surface area contributed by atoms with Gasteiger partial charge in [0.15, 0.2) is 4.34 Å². The van der Waals surface area contributed by atoms with Crippen molar-refractivity contribution in [1.29, 1.82) is 0 Å². The lowest BCUT2D eigenvalue weighted by atomic mass is 10.2. The molecule has 0 saturated carbocycles. The van der Waals surface area contributed by atoms with Crippen LogP contribution in [0, 0.1) is 0 Å². The minimum Gasteiger partial charge on any atom is -0.464 e. The Morgan fingerprint density at radius 1 is 1.28 bits per heavy atom. The minimum atomic E-state index is -0.651. The molecule has 0 spiro atoms. The Balaban J connectivity index is 1.59. The van der Waals surface area contributed by atoms with E-state index in [0.29, 0.717) is 33.0 Å². The number of nitrogens with zero attached hydrogens (tertiary/aromatic N) is 2. The van der Waals surface area contributed by atoms with Crippen LogP contribution in [0.4, 0.5) is 5.13 Å². The maximum absolute atomic E-state index is 12.2. The molecular formula is C18H14BrN3O5S2. The van der Waals surface area contributed by atoms with E-state index < -0.39 is 11.4 Å². The Kier molecular flexibility index (Phi) is 7.18. The lowest BCUT2D eigenvalue weighted by molar-refractivity contribution is -0.115. The summed E-state index contributed by atoms with van der Waals surface area (Å²) in [6.07, 6.45) is 1.47. The molecule has 0 aliphatic rings. The highest BCUT2D eigenvalue weighted by molar-refractivity contribution is 9.10. The maximum atomic E-state index is 12.2. The van der Waals surface area contributed by atoms with Gasteiger partial charge in [-0.2, -0.15) is 0 Å². The molecule has 0 fully saturated rings. The predicted molar refractivity (Wildman–Crippen MR) is 112 cm³/mol. The van der Waals surface area contributed by atoms with E-state index in [2.05, 4.69) is 31.4 Å². The van der Waals surface area contributed by atoms with Gasteiger partial charge in [-0.25, -0.2) is 4.79 Å². The topological polar surface area (TPSA) is 111 Å². The first-order valence-corrected chi connectivity index (χ1v) is 10.9. The van der Waals surface area contributed by atoms with Crippen LogP contribution in [0.25, 0.3) is 0 Å². The third-order valence-corrected chi connectivity index (χ3v) is 5.97. The first-order valence-electron chi connectivity index (χ1n) is 8.30. The number of ether oxygens (including phenoxy) is 1. The number of esters is 1. The van der Waals surface area contributed by atoms with Gasteiger partial charge in [-0.15, -0.1) is 10.2 Å². The smallest absolute Gasteiger partial charge is 0.343 e. The Morgan fingerprint density at radius 3 is 2.72 bits per heavy atom. The highest BCUT2D eigenvalue weighted by atomic mass is 79.9. The largest absolute Gasteiger partial charge is 0.464 e.